The number of carbonyl (C=O) groups is 1. The highest BCUT2D eigenvalue weighted by molar-refractivity contribution is 6.33. The van der Waals surface area contributed by atoms with E-state index in [1.54, 1.807) is 27.8 Å². The zero-order valence-corrected chi connectivity index (χ0v) is 11.1. The van der Waals surface area contributed by atoms with E-state index in [1.807, 2.05) is 0 Å². The molecule has 1 aromatic heterocycles. The van der Waals surface area contributed by atoms with Crippen LogP contribution >= 0.6 is 11.6 Å². The minimum atomic E-state index is -0.959. The lowest BCUT2D eigenvalue weighted by atomic mass is 10.1. The van der Waals surface area contributed by atoms with E-state index in [1.165, 1.54) is 11.1 Å². The fourth-order valence-electron chi connectivity index (χ4n) is 1.44. The van der Waals surface area contributed by atoms with Crippen molar-refractivity contribution in [3.63, 3.8) is 0 Å². The molecule has 1 heterocycles. The fourth-order valence-corrected chi connectivity index (χ4v) is 1.61. The number of aromatic nitrogens is 2. The third-order valence-electron chi connectivity index (χ3n) is 2.04. The van der Waals surface area contributed by atoms with Crippen LogP contribution in [0.15, 0.2) is 6.20 Å². The summed E-state index contributed by atoms with van der Waals surface area (Å²) >= 11 is 5.87. The second-order valence-corrected chi connectivity index (χ2v) is 4.99. The maximum absolute atomic E-state index is 12.0. The van der Waals surface area contributed by atoms with Crippen LogP contribution in [0.2, 0.25) is 5.02 Å². The molecule has 5 nitrogen and oxygen atoms in total. The van der Waals surface area contributed by atoms with Crippen LogP contribution < -0.4 is 0 Å². The van der Waals surface area contributed by atoms with Crippen LogP contribution in [0.3, 0.4) is 0 Å². The molecule has 0 aliphatic rings. The molecule has 0 aliphatic carbocycles. The molecule has 0 unspecified atom stereocenters. The lowest BCUT2D eigenvalue weighted by molar-refractivity contribution is 0.0364. The Kier molecular flexibility index (Phi) is 4.06. The van der Waals surface area contributed by atoms with Crippen LogP contribution in [0.5, 0.6) is 0 Å². The monoisotopic (exact) mass is 257 g/mol. The topological polar surface area (TPSA) is 66.3 Å². The molecule has 0 saturated heterocycles. The number of nitrogens with zero attached hydrogens (tertiary/aromatic N) is 3. The van der Waals surface area contributed by atoms with Crippen LogP contribution in [0.4, 0.5) is 0 Å². The van der Waals surface area contributed by atoms with Gasteiger partial charge in [0.05, 0.1) is 16.8 Å². The molecule has 0 atom stereocenters. The first-order valence-corrected chi connectivity index (χ1v) is 5.55. The van der Waals surface area contributed by atoms with E-state index in [0.29, 0.717) is 5.82 Å². The van der Waals surface area contributed by atoms with Gasteiger partial charge in [-0.2, -0.15) is 0 Å². The van der Waals surface area contributed by atoms with Crippen molar-refractivity contribution in [2.75, 3.05) is 13.6 Å². The van der Waals surface area contributed by atoms with Gasteiger partial charge in [-0.25, -0.2) is 9.97 Å². The van der Waals surface area contributed by atoms with Gasteiger partial charge in [0.25, 0.3) is 5.91 Å². The van der Waals surface area contributed by atoms with Gasteiger partial charge in [-0.3, -0.25) is 4.79 Å². The summed E-state index contributed by atoms with van der Waals surface area (Å²) in [5.41, 5.74) is -0.801. The highest BCUT2D eigenvalue weighted by Gasteiger charge is 2.23. The van der Waals surface area contributed by atoms with Crippen molar-refractivity contribution in [2.45, 2.75) is 26.4 Å². The Balaban J connectivity index is 2.93. The second kappa shape index (κ2) is 4.98. The predicted molar refractivity (Wildman–Crippen MR) is 65.0 cm³/mol. The minimum absolute atomic E-state index is 0.158. The van der Waals surface area contributed by atoms with Gasteiger partial charge in [0.2, 0.25) is 0 Å². The van der Waals surface area contributed by atoms with Gasteiger partial charge < -0.3 is 10.0 Å². The van der Waals surface area contributed by atoms with Gasteiger partial charge in [-0.05, 0) is 20.8 Å². The third-order valence-corrected chi connectivity index (χ3v) is 2.31. The molecule has 0 spiro atoms. The number of halogens is 1. The summed E-state index contributed by atoms with van der Waals surface area (Å²) in [6.07, 6.45) is 1.40. The summed E-state index contributed by atoms with van der Waals surface area (Å²) in [6.45, 7) is 5.14. The first kappa shape index (κ1) is 13.9. The number of hydrogen-bond donors (Lipinski definition) is 1. The number of aryl methyl sites for hydroxylation is 1. The Labute approximate surface area is 105 Å². The first-order valence-electron chi connectivity index (χ1n) is 5.18. The van der Waals surface area contributed by atoms with Gasteiger partial charge in [-0.1, -0.05) is 11.6 Å². The predicted octanol–water partition coefficient (Wildman–Crippen LogP) is 1.28. The molecule has 1 amide bonds. The number of likely N-dealkylation sites (N-methyl/N-ethyl adjacent to an activating group) is 1. The van der Waals surface area contributed by atoms with Crippen LogP contribution in [-0.2, 0) is 0 Å². The van der Waals surface area contributed by atoms with Crippen molar-refractivity contribution in [3.05, 3.63) is 22.7 Å². The Morgan fingerprint density at radius 1 is 1.59 bits per heavy atom. The lowest BCUT2D eigenvalue weighted by Crippen LogP contribution is -2.40. The van der Waals surface area contributed by atoms with Crippen molar-refractivity contribution < 1.29 is 9.90 Å². The molecule has 0 bridgehead atoms. The van der Waals surface area contributed by atoms with Crippen molar-refractivity contribution in [1.82, 2.24) is 14.9 Å². The minimum Gasteiger partial charge on any atom is -0.389 e. The van der Waals surface area contributed by atoms with Gasteiger partial charge in [0.1, 0.15) is 5.82 Å². The zero-order chi connectivity index (χ0) is 13.2. The van der Waals surface area contributed by atoms with E-state index < -0.39 is 5.60 Å². The number of amides is 1. The average Bonchev–Trinajstić information content (AvgIpc) is 2.18. The van der Waals surface area contributed by atoms with Gasteiger partial charge in [0, 0.05) is 13.6 Å². The lowest BCUT2D eigenvalue weighted by Gasteiger charge is -2.25. The molecule has 1 rings (SSSR count). The molecule has 0 fully saturated rings. The zero-order valence-electron chi connectivity index (χ0n) is 10.4. The molecule has 17 heavy (non-hydrogen) atoms. The van der Waals surface area contributed by atoms with Crippen molar-refractivity contribution in [3.8, 4) is 0 Å². The van der Waals surface area contributed by atoms with Crippen molar-refractivity contribution in [2.24, 2.45) is 0 Å². The average molecular weight is 258 g/mol. The van der Waals surface area contributed by atoms with Crippen LogP contribution in [-0.4, -0.2) is 45.1 Å². The summed E-state index contributed by atoms with van der Waals surface area (Å²) in [6, 6.07) is 0. The molecule has 1 N–H and O–H groups in total. The van der Waals surface area contributed by atoms with Crippen LogP contribution in [0.25, 0.3) is 0 Å². The number of hydrogen-bond acceptors (Lipinski definition) is 4. The molecule has 6 heteroatoms. The third kappa shape index (κ3) is 3.94. The van der Waals surface area contributed by atoms with Crippen molar-refractivity contribution >= 4 is 17.5 Å². The van der Waals surface area contributed by atoms with E-state index in [4.69, 9.17) is 11.6 Å². The summed E-state index contributed by atoms with van der Waals surface area (Å²) in [5, 5.41) is 9.86. The smallest absolute Gasteiger partial charge is 0.273 e. The summed E-state index contributed by atoms with van der Waals surface area (Å²) in [7, 11) is 1.59. The first-order chi connectivity index (χ1) is 7.70. The normalized spacial score (nSPS) is 11.4. The van der Waals surface area contributed by atoms with Crippen LogP contribution in [0, 0.1) is 6.92 Å². The highest BCUT2D eigenvalue weighted by Crippen LogP contribution is 2.15. The summed E-state index contributed by atoms with van der Waals surface area (Å²) in [5.74, 6) is 0.150. The molecule has 0 saturated carbocycles. The molecule has 0 aliphatic heterocycles. The van der Waals surface area contributed by atoms with Gasteiger partial charge in [0.15, 0.2) is 5.69 Å². The standard InChI is InChI=1S/C11H16ClN3O2/c1-7-13-5-8(12)9(14-7)10(16)15(4)6-11(2,3)17/h5,17H,6H2,1-4H3. The Morgan fingerprint density at radius 2 is 2.18 bits per heavy atom. The Hall–Kier alpha value is -1.20. The molecule has 1 aromatic rings. The maximum Gasteiger partial charge on any atom is 0.273 e. The number of rotatable bonds is 3. The summed E-state index contributed by atoms with van der Waals surface area (Å²) < 4.78 is 0. The quantitative estimate of drug-likeness (QED) is 0.886. The molecular formula is C11H16ClN3O2. The Morgan fingerprint density at radius 3 is 2.71 bits per heavy atom. The summed E-state index contributed by atoms with van der Waals surface area (Å²) in [4.78, 5) is 21.3. The molecule has 0 radical (unpaired) electrons. The van der Waals surface area contributed by atoms with Gasteiger partial charge in [-0.15, -0.1) is 0 Å². The molecular weight excluding hydrogens is 242 g/mol. The van der Waals surface area contributed by atoms with E-state index >= 15 is 0 Å². The van der Waals surface area contributed by atoms with E-state index in [2.05, 4.69) is 9.97 Å². The SMILES string of the molecule is Cc1ncc(Cl)c(C(=O)N(C)CC(C)(C)O)n1. The number of carbonyl (C=O) groups excluding carboxylic acids is 1. The van der Waals surface area contributed by atoms with E-state index in [-0.39, 0.29) is 23.2 Å². The second-order valence-electron chi connectivity index (χ2n) is 4.59. The van der Waals surface area contributed by atoms with E-state index in [0.717, 1.165) is 0 Å². The van der Waals surface area contributed by atoms with Gasteiger partial charge >= 0.3 is 0 Å². The van der Waals surface area contributed by atoms with Crippen molar-refractivity contribution in [1.29, 1.82) is 0 Å². The molecule has 0 aromatic carbocycles. The molecule has 94 valence electrons. The maximum atomic E-state index is 12.0. The largest absolute Gasteiger partial charge is 0.389 e. The fraction of sp³-hybridized carbons (Fsp3) is 0.545. The highest BCUT2D eigenvalue weighted by atomic mass is 35.5. The number of aliphatic hydroxyl groups is 1. The van der Waals surface area contributed by atoms with Crippen LogP contribution in [0.1, 0.15) is 30.2 Å². The Bertz CT molecular complexity index is 429. The van der Waals surface area contributed by atoms with E-state index in [9.17, 15) is 9.90 Å².